The Morgan fingerprint density at radius 2 is 1.79 bits per heavy atom. The van der Waals surface area contributed by atoms with Crippen LogP contribution in [0.25, 0.3) is 0 Å². The van der Waals surface area contributed by atoms with Gasteiger partial charge >= 0.3 is 12.0 Å². The van der Waals surface area contributed by atoms with E-state index >= 15 is 0 Å². The number of amides is 3. The summed E-state index contributed by atoms with van der Waals surface area (Å²) in [6.07, 6.45) is 0. The van der Waals surface area contributed by atoms with Gasteiger partial charge in [-0.3, -0.25) is 14.6 Å². The zero-order valence-corrected chi connectivity index (χ0v) is 22.7. The summed E-state index contributed by atoms with van der Waals surface area (Å²) in [7, 11) is 3.21. The number of para-hydroxylation sites is 1. The van der Waals surface area contributed by atoms with Crippen LogP contribution in [0.1, 0.15) is 41.4 Å². The number of likely N-dealkylation sites (N-methyl/N-ethyl adjacent to an activating group) is 1. The molecule has 1 N–H and O–H groups in total. The minimum atomic E-state index is -0.717. The van der Waals surface area contributed by atoms with Crippen molar-refractivity contribution in [2.24, 2.45) is 0 Å². The molecule has 3 amide bonds. The molecule has 4 rings (SSSR count). The van der Waals surface area contributed by atoms with E-state index in [9.17, 15) is 14.4 Å². The maximum Gasteiger partial charge on any atom is 0.338 e. The zero-order chi connectivity index (χ0) is 27.4. The van der Waals surface area contributed by atoms with Crippen LogP contribution in [0.5, 0.6) is 5.75 Å². The van der Waals surface area contributed by atoms with Crippen molar-refractivity contribution in [1.82, 2.24) is 20.0 Å². The van der Waals surface area contributed by atoms with Gasteiger partial charge in [0.25, 0.3) is 5.91 Å². The Morgan fingerprint density at radius 3 is 2.45 bits per heavy atom. The van der Waals surface area contributed by atoms with Crippen molar-refractivity contribution in [1.29, 1.82) is 0 Å². The molecule has 0 radical (unpaired) electrons. The van der Waals surface area contributed by atoms with Crippen molar-refractivity contribution in [2.75, 3.05) is 46.9 Å². The molecule has 9 nitrogen and oxygen atoms in total. The number of hydrogen-bond donors (Lipinski definition) is 1. The molecule has 0 saturated carbocycles. The highest BCUT2D eigenvalue weighted by Gasteiger charge is 2.39. The van der Waals surface area contributed by atoms with Gasteiger partial charge in [0.05, 0.1) is 25.3 Å². The summed E-state index contributed by atoms with van der Waals surface area (Å²) in [5.74, 6) is 0.0980. The van der Waals surface area contributed by atoms with Gasteiger partial charge in [-0.15, -0.1) is 0 Å². The minimum absolute atomic E-state index is 0.00831. The maximum absolute atomic E-state index is 13.3. The molecular formula is C29H36N4O5. The highest BCUT2D eigenvalue weighted by atomic mass is 16.5. The predicted molar refractivity (Wildman–Crippen MR) is 144 cm³/mol. The fourth-order valence-corrected chi connectivity index (χ4v) is 5.09. The van der Waals surface area contributed by atoms with E-state index in [-0.39, 0.29) is 24.6 Å². The zero-order valence-electron chi connectivity index (χ0n) is 22.7. The number of benzene rings is 2. The topological polar surface area (TPSA) is 91.4 Å². The number of piperazine rings is 1. The van der Waals surface area contributed by atoms with Gasteiger partial charge in [0.2, 0.25) is 0 Å². The van der Waals surface area contributed by atoms with Crippen LogP contribution in [0.4, 0.5) is 4.79 Å². The molecule has 0 aromatic heterocycles. The van der Waals surface area contributed by atoms with E-state index in [2.05, 4.69) is 10.2 Å². The van der Waals surface area contributed by atoms with Crippen molar-refractivity contribution in [3.63, 3.8) is 0 Å². The summed E-state index contributed by atoms with van der Waals surface area (Å²) in [5, 5.41) is 2.94. The summed E-state index contributed by atoms with van der Waals surface area (Å²) in [6, 6.07) is 13.9. The lowest BCUT2D eigenvalue weighted by Gasteiger charge is -2.42. The smallest absolute Gasteiger partial charge is 0.338 e. The second-order valence-electron chi connectivity index (χ2n) is 9.71. The number of nitrogens with one attached hydrogen (secondary N) is 1. The third kappa shape index (κ3) is 5.52. The predicted octanol–water partition coefficient (Wildman–Crippen LogP) is 3.36. The number of carbonyl (C=O) groups is 3. The van der Waals surface area contributed by atoms with Crippen LogP contribution < -0.4 is 10.1 Å². The van der Waals surface area contributed by atoms with Crippen LogP contribution in [-0.2, 0) is 9.53 Å². The largest absolute Gasteiger partial charge is 0.496 e. The van der Waals surface area contributed by atoms with E-state index in [0.717, 1.165) is 5.56 Å². The van der Waals surface area contributed by atoms with E-state index in [4.69, 9.17) is 9.47 Å². The summed E-state index contributed by atoms with van der Waals surface area (Å²) >= 11 is 0. The average Bonchev–Trinajstić information content (AvgIpc) is 2.91. The molecule has 9 heteroatoms. The first-order chi connectivity index (χ1) is 18.2. The molecule has 2 aromatic rings. The van der Waals surface area contributed by atoms with Crippen molar-refractivity contribution in [3.05, 3.63) is 76.5 Å². The number of esters is 1. The average molecular weight is 521 g/mol. The molecule has 2 aliphatic heterocycles. The van der Waals surface area contributed by atoms with Crippen molar-refractivity contribution >= 4 is 17.9 Å². The van der Waals surface area contributed by atoms with Crippen molar-refractivity contribution in [2.45, 2.75) is 32.9 Å². The van der Waals surface area contributed by atoms with Gasteiger partial charge in [-0.2, -0.15) is 0 Å². The van der Waals surface area contributed by atoms with Gasteiger partial charge in [0.15, 0.2) is 0 Å². The van der Waals surface area contributed by atoms with Crippen LogP contribution in [0, 0.1) is 6.92 Å². The first-order valence-corrected chi connectivity index (χ1v) is 12.9. The Bertz CT molecular complexity index is 1230. The monoisotopic (exact) mass is 520 g/mol. The third-order valence-corrected chi connectivity index (χ3v) is 7.17. The Balaban J connectivity index is 1.62. The Hall–Kier alpha value is -3.85. The lowest BCUT2D eigenvalue weighted by atomic mass is 9.93. The van der Waals surface area contributed by atoms with E-state index in [1.807, 2.05) is 61.2 Å². The van der Waals surface area contributed by atoms with Gasteiger partial charge in [-0.05, 0) is 39.0 Å². The van der Waals surface area contributed by atoms with E-state index in [1.165, 1.54) is 4.90 Å². The number of carbonyl (C=O) groups excluding carboxylic acids is 3. The molecule has 202 valence electrons. The minimum Gasteiger partial charge on any atom is -0.496 e. The SMILES string of the molecule is CCOC(=O)C1=C(CN2CCN(C(=O)c3ccc(C)cc3)C(C)C2)N(C)C(=O)NC1c1ccccc1OC. The van der Waals surface area contributed by atoms with Crippen LogP contribution >= 0.6 is 0 Å². The molecule has 0 bridgehead atoms. The first kappa shape index (κ1) is 27.2. The number of urea groups is 1. The summed E-state index contributed by atoms with van der Waals surface area (Å²) in [4.78, 5) is 45.0. The lowest BCUT2D eigenvalue weighted by Crippen LogP contribution is -2.56. The van der Waals surface area contributed by atoms with Gasteiger partial charge < -0.3 is 19.7 Å². The quantitative estimate of drug-likeness (QED) is 0.563. The highest BCUT2D eigenvalue weighted by Crippen LogP contribution is 2.36. The lowest BCUT2D eigenvalue weighted by molar-refractivity contribution is -0.139. The van der Waals surface area contributed by atoms with Crippen LogP contribution in [0.2, 0.25) is 0 Å². The molecule has 2 heterocycles. The van der Waals surface area contributed by atoms with Gasteiger partial charge in [0, 0.05) is 56.1 Å². The molecule has 2 unspecified atom stereocenters. The summed E-state index contributed by atoms with van der Waals surface area (Å²) in [5.41, 5.74) is 3.42. The normalized spacial score (nSPS) is 20.3. The molecule has 38 heavy (non-hydrogen) atoms. The summed E-state index contributed by atoms with van der Waals surface area (Å²) in [6.45, 7) is 8.10. The van der Waals surface area contributed by atoms with Crippen LogP contribution in [0.3, 0.4) is 0 Å². The molecule has 2 aliphatic rings. The molecule has 2 aromatic carbocycles. The third-order valence-electron chi connectivity index (χ3n) is 7.17. The number of rotatable bonds is 7. The Labute approximate surface area is 224 Å². The second kappa shape index (κ2) is 11.7. The number of nitrogens with zero attached hydrogens (tertiary/aromatic N) is 3. The molecule has 1 fully saturated rings. The fourth-order valence-electron chi connectivity index (χ4n) is 5.09. The van der Waals surface area contributed by atoms with Gasteiger partial charge in [-0.1, -0.05) is 35.9 Å². The van der Waals surface area contributed by atoms with E-state index in [1.54, 1.807) is 27.1 Å². The highest BCUT2D eigenvalue weighted by molar-refractivity contribution is 5.96. The molecule has 0 aliphatic carbocycles. The molecular weight excluding hydrogens is 484 g/mol. The number of methoxy groups -OCH3 is 1. The second-order valence-corrected chi connectivity index (χ2v) is 9.71. The van der Waals surface area contributed by atoms with E-state index in [0.29, 0.717) is 54.3 Å². The van der Waals surface area contributed by atoms with Crippen LogP contribution in [0.15, 0.2) is 59.8 Å². The summed E-state index contributed by atoms with van der Waals surface area (Å²) < 4.78 is 11.0. The van der Waals surface area contributed by atoms with Gasteiger partial charge in [-0.25, -0.2) is 9.59 Å². The number of hydrogen-bond acceptors (Lipinski definition) is 6. The maximum atomic E-state index is 13.3. The first-order valence-electron chi connectivity index (χ1n) is 12.9. The molecule has 1 saturated heterocycles. The molecule has 2 atom stereocenters. The van der Waals surface area contributed by atoms with Crippen molar-refractivity contribution < 1.29 is 23.9 Å². The Morgan fingerprint density at radius 1 is 1.08 bits per heavy atom. The Kier molecular flexibility index (Phi) is 8.36. The van der Waals surface area contributed by atoms with Crippen molar-refractivity contribution in [3.8, 4) is 5.75 Å². The molecule has 0 spiro atoms. The fraction of sp³-hybridized carbons (Fsp3) is 0.414. The number of ether oxygens (including phenoxy) is 2. The number of aryl methyl sites for hydroxylation is 1. The van der Waals surface area contributed by atoms with Gasteiger partial charge in [0.1, 0.15) is 5.75 Å². The van der Waals surface area contributed by atoms with Crippen LogP contribution in [-0.4, -0.2) is 85.6 Å². The van der Waals surface area contributed by atoms with E-state index < -0.39 is 12.0 Å². The standard InChI is InChI=1S/C29H36N4O5/c1-6-38-28(35)25-23(31(4)29(36)30-26(25)22-9-7-8-10-24(22)37-5)18-32-15-16-33(20(3)17-32)27(34)21-13-11-19(2)12-14-21/h7-14,20,26H,6,15-18H2,1-5H3,(H,30,36).